The van der Waals surface area contributed by atoms with Crippen LogP contribution in [0.2, 0.25) is 0 Å². The first kappa shape index (κ1) is 6.94. The monoisotopic (exact) mass is 117 g/mol. The lowest BCUT2D eigenvalue weighted by Gasteiger charge is -1.90. The summed E-state index contributed by atoms with van der Waals surface area (Å²) in [5.74, 6) is -1.90. The van der Waals surface area contributed by atoms with Gasteiger partial charge < -0.3 is 9.84 Å². The molecule has 0 aromatic carbocycles. The number of hydrogen-bond acceptors (Lipinski definition) is 3. The van der Waals surface area contributed by atoms with E-state index in [-0.39, 0.29) is 0 Å². The van der Waals surface area contributed by atoms with E-state index < -0.39 is 11.9 Å². The molecule has 4 heteroatoms. The zero-order valence-electron chi connectivity index (χ0n) is 4.25. The van der Waals surface area contributed by atoms with E-state index in [2.05, 4.69) is 4.74 Å². The molecule has 0 aliphatic carbocycles. The Hall–Kier alpha value is -1.06. The number of hydrogen-bond donors (Lipinski definition) is 1. The predicted molar refractivity (Wildman–Crippen MR) is 23.7 cm³/mol. The average molecular weight is 117 g/mol. The fourth-order valence-electron chi connectivity index (χ4n) is 0.133. The van der Waals surface area contributed by atoms with Crippen LogP contribution in [0, 0.1) is 6.61 Å². The molecule has 0 aliphatic heterocycles. The molecule has 1 N–H and O–H groups in total. The average Bonchev–Trinajstić information content (AvgIpc) is 1.61. The zero-order valence-corrected chi connectivity index (χ0v) is 4.25. The molecule has 0 unspecified atom stereocenters. The third-order valence-electron chi connectivity index (χ3n) is 0.326. The molecule has 0 fully saturated rings. The molecular weight excluding hydrogens is 112 g/mol. The van der Waals surface area contributed by atoms with Crippen LogP contribution in [0.1, 0.15) is 6.92 Å². The van der Waals surface area contributed by atoms with E-state index in [1.165, 1.54) is 0 Å². The van der Waals surface area contributed by atoms with E-state index in [4.69, 9.17) is 5.11 Å². The van der Waals surface area contributed by atoms with Crippen molar-refractivity contribution in [2.24, 2.45) is 0 Å². The molecule has 0 bridgehead atoms. The minimum atomic E-state index is -1.26. The summed E-state index contributed by atoms with van der Waals surface area (Å²) in [5.41, 5.74) is 0. The first-order chi connectivity index (χ1) is 3.63. The van der Waals surface area contributed by atoms with Gasteiger partial charge in [0, 0.05) is 6.92 Å². The Kier molecular flexibility index (Phi) is 2.61. The van der Waals surface area contributed by atoms with Crippen LogP contribution < -0.4 is 0 Å². The second-order valence-electron chi connectivity index (χ2n) is 1.07. The smallest absolute Gasteiger partial charge is 0.349 e. The summed E-state index contributed by atoms with van der Waals surface area (Å²) in [6.07, 6.45) is 0. The third-order valence-corrected chi connectivity index (χ3v) is 0.326. The van der Waals surface area contributed by atoms with E-state index in [0.717, 1.165) is 6.92 Å². The Morgan fingerprint density at radius 2 is 2.12 bits per heavy atom. The highest BCUT2D eigenvalue weighted by molar-refractivity contribution is 5.78. The summed E-state index contributed by atoms with van der Waals surface area (Å²) in [6.45, 7) is 1.56. The highest BCUT2D eigenvalue weighted by Gasteiger charge is 1.98. The molecule has 45 valence electrons. The van der Waals surface area contributed by atoms with E-state index in [1.807, 2.05) is 0 Å². The van der Waals surface area contributed by atoms with Gasteiger partial charge in [0.2, 0.25) is 6.61 Å². The Morgan fingerprint density at radius 1 is 1.62 bits per heavy atom. The quantitative estimate of drug-likeness (QED) is 0.508. The summed E-state index contributed by atoms with van der Waals surface area (Å²) in [4.78, 5) is 19.4. The van der Waals surface area contributed by atoms with Crippen molar-refractivity contribution in [2.45, 2.75) is 6.92 Å². The molecule has 0 aliphatic rings. The van der Waals surface area contributed by atoms with E-state index in [0.29, 0.717) is 6.61 Å². The van der Waals surface area contributed by atoms with Crippen LogP contribution in [0.3, 0.4) is 0 Å². The topological polar surface area (TPSA) is 63.6 Å². The standard InChI is InChI=1S/C4H5O4/c1-3(5)8-2-4(6)7/h2H,1H3,(H,6,7). The lowest BCUT2D eigenvalue weighted by molar-refractivity contribution is -0.147. The van der Waals surface area contributed by atoms with Crippen molar-refractivity contribution in [1.29, 1.82) is 0 Å². The molecule has 1 radical (unpaired) electrons. The molecule has 0 amide bonds. The van der Waals surface area contributed by atoms with Crippen molar-refractivity contribution in [1.82, 2.24) is 0 Å². The van der Waals surface area contributed by atoms with Crippen molar-refractivity contribution < 1.29 is 19.4 Å². The fourth-order valence-corrected chi connectivity index (χ4v) is 0.133. The molecule has 0 aromatic heterocycles. The number of carboxylic acid groups (broad SMARTS) is 1. The fraction of sp³-hybridized carbons (Fsp3) is 0.250. The first-order valence-electron chi connectivity index (χ1n) is 1.86. The summed E-state index contributed by atoms with van der Waals surface area (Å²) < 4.78 is 3.94. The summed E-state index contributed by atoms with van der Waals surface area (Å²) in [7, 11) is 0. The lowest BCUT2D eigenvalue weighted by atomic mass is 10.7. The van der Waals surface area contributed by atoms with E-state index in [9.17, 15) is 9.59 Å². The molecule has 8 heavy (non-hydrogen) atoms. The van der Waals surface area contributed by atoms with Crippen molar-refractivity contribution >= 4 is 11.9 Å². The van der Waals surface area contributed by atoms with Crippen LogP contribution in [0.4, 0.5) is 0 Å². The van der Waals surface area contributed by atoms with E-state index in [1.54, 1.807) is 0 Å². The third kappa shape index (κ3) is 4.94. The highest BCUT2D eigenvalue weighted by atomic mass is 16.5. The molecular formula is C4H5O4. The molecule has 0 heterocycles. The Morgan fingerprint density at radius 3 is 2.25 bits per heavy atom. The van der Waals surface area contributed by atoms with Gasteiger partial charge in [-0.05, 0) is 0 Å². The van der Waals surface area contributed by atoms with Crippen LogP contribution in [-0.2, 0) is 14.3 Å². The Balaban J connectivity index is 3.18. The normalized spacial score (nSPS) is 8.12. The van der Waals surface area contributed by atoms with Crippen LogP contribution in [0.5, 0.6) is 0 Å². The molecule has 0 aromatic rings. The molecule has 0 atom stereocenters. The summed E-state index contributed by atoms with van der Waals surface area (Å²) >= 11 is 0. The SMILES string of the molecule is CC(=O)O[CH]C(=O)O. The van der Waals surface area contributed by atoms with Gasteiger partial charge in [-0.3, -0.25) is 4.79 Å². The number of ether oxygens (including phenoxy) is 1. The molecule has 4 nitrogen and oxygen atoms in total. The summed E-state index contributed by atoms with van der Waals surface area (Å²) in [6, 6.07) is 0. The van der Waals surface area contributed by atoms with Crippen LogP contribution in [0.15, 0.2) is 0 Å². The molecule has 0 rings (SSSR count). The maximum atomic E-state index is 9.83. The minimum Gasteiger partial charge on any atom is -0.478 e. The number of rotatable bonds is 2. The number of carboxylic acids is 1. The number of carbonyl (C=O) groups is 2. The maximum absolute atomic E-state index is 9.83. The molecule has 0 saturated carbocycles. The number of carbonyl (C=O) groups excluding carboxylic acids is 1. The highest BCUT2D eigenvalue weighted by Crippen LogP contribution is 1.80. The predicted octanol–water partition coefficient (Wildman–Crippen LogP) is -0.204. The van der Waals surface area contributed by atoms with Gasteiger partial charge in [-0.2, -0.15) is 0 Å². The van der Waals surface area contributed by atoms with Gasteiger partial charge in [0.25, 0.3) is 0 Å². The van der Waals surface area contributed by atoms with Crippen molar-refractivity contribution in [3.05, 3.63) is 6.61 Å². The largest absolute Gasteiger partial charge is 0.478 e. The Labute approximate surface area is 46.1 Å². The van der Waals surface area contributed by atoms with Crippen LogP contribution >= 0.6 is 0 Å². The van der Waals surface area contributed by atoms with Gasteiger partial charge in [-0.1, -0.05) is 0 Å². The second kappa shape index (κ2) is 3.01. The Bertz CT molecular complexity index is 92.6. The van der Waals surface area contributed by atoms with Crippen LogP contribution in [-0.4, -0.2) is 17.0 Å². The summed E-state index contributed by atoms with van der Waals surface area (Å²) in [5, 5.41) is 7.83. The van der Waals surface area contributed by atoms with Gasteiger partial charge in [0.15, 0.2) is 0 Å². The minimum absolute atomic E-state index is 0.433. The van der Waals surface area contributed by atoms with E-state index >= 15 is 0 Å². The van der Waals surface area contributed by atoms with Crippen LogP contribution in [0.25, 0.3) is 0 Å². The van der Waals surface area contributed by atoms with Crippen molar-refractivity contribution in [3.63, 3.8) is 0 Å². The molecule has 0 saturated heterocycles. The lowest BCUT2D eigenvalue weighted by Crippen LogP contribution is -2.03. The van der Waals surface area contributed by atoms with Gasteiger partial charge in [-0.15, -0.1) is 0 Å². The first-order valence-corrected chi connectivity index (χ1v) is 1.86. The van der Waals surface area contributed by atoms with Gasteiger partial charge in [0.1, 0.15) is 0 Å². The van der Waals surface area contributed by atoms with Crippen molar-refractivity contribution in [2.75, 3.05) is 0 Å². The number of esters is 1. The van der Waals surface area contributed by atoms with Gasteiger partial charge >= 0.3 is 11.9 Å². The zero-order chi connectivity index (χ0) is 6.57. The maximum Gasteiger partial charge on any atom is 0.349 e. The van der Waals surface area contributed by atoms with Crippen molar-refractivity contribution in [3.8, 4) is 0 Å². The number of aliphatic carboxylic acids is 1. The van der Waals surface area contributed by atoms with Gasteiger partial charge in [0.05, 0.1) is 0 Å². The molecule has 0 spiro atoms. The van der Waals surface area contributed by atoms with Gasteiger partial charge in [-0.25, -0.2) is 4.79 Å². The second-order valence-corrected chi connectivity index (χ2v) is 1.07.